The number of hydrogen-bond acceptors (Lipinski definition) is 2. The van der Waals surface area contributed by atoms with Gasteiger partial charge in [-0.3, -0.25) is 0 Å². The predicted molar refractivity (Wildman–Crippen MR) is 70.3 cm³/mol. The highest BCUT2D eigenvalue weighted by molar-refractivity contribution is 5.42. The first-order chi connectivity index (χ1) is 8.36. The first kappa shape index (κ1) is 11.9. The van der Waals surface area contributed by atoms with Crippen molar-refractivity contribution in [2.24, 2.45) is 0 Å². The van der Waals surface area contributed by atoms with Crippen LogP contribution in [0.2, 0.25) is 0 Å². The zero-order valence-electron chi connectivity index (χ0n) is 10.4. The van der Waals surface area contributed by atoms with Crippen LogP contribution in [0.3, 0.4) is 0 Å². The van der Waals surface area contributed by atoms with Gasteiger partial charge in [0.15, 0.2) is 0 Å². The Kier molecular flexibility index (Phi) is 3.94. The summed E-state index contributed by atoms with van der Waals surface area (Å²) < 4.78 is 2.06. The van der Waals surface area contributed by atoms with Gasteiger partial charge < -0.3 is 9.88 Å². The highest BCUT2D eigenvalue weighted by Crippen LogP contribution is 2.23. The fourth-order valence-electron chi connectivity index (χ4n) is 2.14. The normalized spacial score (nSPS) is 12.6. The van der Waals surface area contributed by atoms with Crippen molar-refractivity contribution < 1.29 is 0 Å². The number of benzene rings is 1. The lowest BCUT2D eigenvalue weighted by Gasteiger charge is -2.20. The lowest BCUT2D eigenvalue weighted by atomic mass is 10.0. The summed E-state index contributed by atoms with van der Waals surface area (Å²) in [6.45, 7) is 5.33. The fraction of sp³-hybridized carbons (Fsp3) is 0.357. The zero-order valence-corrected chi connectivity index (χ0v) is 10.4. The van der Waals surface area contributed by atoms with Gasteiger partial charge in [-0.05, 0) is 24.6 Å². The maximum Gasteiger partial charge on any atom is 0.0991 e. The Labute approximate surface area is 103 Å². The van der Waals surface area contributed by atoms with Crippen molar-refractivity contribution in [2.75, 3.05) is 6.54 Å². The topological polar surface area (TPSA) is 29.9 Å². The second kappa shape index (κ2) is 5.64. The lowest BCUT2D eigenvalue weighted by Crippen LogP contribution is -2.21. The maximum absolute atomic E-state index is 4.11. The molecule has 0 radical (unpaired) electrons. The van der Waals surface area contributed by atoms with Gasteiger partial charge in [-0.1, -0.05) is 32.0 Å². The molecular formula is C14H19N3. The zero-order chi connectivity index (χ0) is 12.1. The van der Waals surface area contributed by atoms with Crippen LogP contribution in [0, 0.1) is 0 Å². The number of nitrogens with zero attached hydrogens (tertiary/aromatic N) is 2. The summed E-state index contributed by atoms with van der Waals surface area (Å²) in [5.41, 5.74) is 2.53. The molecule has 0 saturated carbocycles. The average molecular weight is 229 g/mol. The van der Waals surface area contributed by atoms with Crippen LogP contribution in [-0.2, 0) is 0 Å². The van der Waals surface area contributed by atoms with Crippen LogP contribution in [0.25, 0.3) is 5.69 Å². The van der Waals surface area contributed by atoms with Gasteiger partial charge in [0.1, 0.15) is 0 Å². The minimum absolute atomic E-state index is 0.401. The van der Waals surface area contributed by atoms with Crippen LogP contribution in [0.4, 0.5) is 0 Å². The largest absolute Gasteiger partial charge is 0.310 e. The van der Waals surface area contributed by atoms with Gasteiger partial charge in [0.2, 0.25) is 0 Å². The van der Waals surface area contributed by atoms with E-state index in [1.54, 1.807) is 0 Å². The minimum atomic E-state index is 0.401. The first-order valence-electron chi connectivity index (χ1n) is 6.17. The SMILES string of the molecule is CCNC(CC)c1ccccc1-n1ccnc1. The molecule has 1 N–H and O–H groups in total. The number of imidazole rings is 1. The maximum atomic E-state index is 4.11. The number of hydrogen-bond donors (Lipinski definition) is 1. The van der Waals surface area contributed by atoms with Crippen molar-refractivity contribution in [3.8, 4) is 5.69 Å². The van der Waals surface area contributed by atoms with Gasteiger partial charge >= 0.3 is 0 Å². The molecule has 0 spiro atoms. The summed E-state index contributed by atoms with van der Waals surface area (Å²) >= 11 is 0. The third kappa shape index (κ3) is 2.56. The Hall–Kier alpha value is -1.61. The molecule has 3 heteroatoms. The Morgan fingerprint density at radius 3 is 2.76 bits per heavy atom. The number of para-hydroxylation sites is 1. The molecular weight excluding hydrogens is 210 g/mol. The Morgan fingerprint density at radius 1 is 1.29 bits per heavy atom. The molecule has 0 saturated heterocycles. The summed E-state index contributed by atoms with van der Waals surface area (Å²) in [4.78, 5) is 4.11. The Bertz CT molecular complexity index is 448. The van der Waals surface area contributed by atoms with Crippen molar-refractivity contribution >= 4 is 0 Å². The fourth-order valence-corrected chi connectivity index (χ4v) is 2.14. The highest BCUT2D eigenvalue weighted by Gasteiger charge is 2.12. The first-order valence-corrected chi connectivity index (χ1v) is 6.17. The molecule has 2 aromatic rings. The van der Waals surface area contributed by atoms with Crippen molar-refractivity contribution in [3.63, 3.8) is 0 Å². The van der Waals surface area contributed by atoms with Crippen molar-refractivity contribution in [2.45, 2.75) is 26.3 Å². The predicted octanol–water partition coefficient (Wildman–Crippen LogP) is 2.93. The van der Waals surface area contributed by atoms with Crippen LogP contribution in [0.5, 0.6) is 0 Å². The molecule has 1 heterocycles. The molecule has 0 amide bonds. The summed E-state index contributed by atoms with van der Waals surface area (Å²) in [6.07, 6.45) is 6.72. The second-order valence-electron chi connectivity index (χ2n) is 4.05. The van der Waals surface area contributed by atoms with E-state index in [0.29, 0.717) is 6.04 Å². The molecule has 1 aromatic heterocycles. The minimum Gasteiger partial charge on any atom is -0.310 e. The Balaban J connectivity index is 2.39. The molecule has 0 aliphatic heterocycles. The van der Waals surface area contributed by atoms with Crippen LogP contribution >= 0.6 is 0 Å². The van der Waals surface area contributed by atoms with Crippen molar-refractivity contribution in [3.05, 3.63) is 48.5 Å². The van der Waals surface area contributed by atoms with Crippen molar-refractivity contribution in [1.29, 1.82) is 0 Å². The molecule has 17 heavy (non-hydrogen) atoms. The molecule has 90 valence electrons. The monoisotopic (exact) mass is 229 g/mol. The van der Waals surface area contributed by atoms with Crippen LogP contribution in [0.1, 0.15) is 31.9 Å². The third-order valence-corrected chi connectivity index (χ3v) is 2.95. The van der Waals surface area contributed by atoms with E-state index in [9.17, 15) is 0 Å². The Morgan fingerprint density at radius 2 is 2.12 bits per heavy atom. The van der Waals surface area contributed by atoms with Gasteiger partial charge in [-0.25, -0.2) is 4.98 Å². The summed E-state index contributed by atoms with van der Waals surface area (Å²) in [6, 6.07) is 8.88. The van der Waals surface area contributed by atoms with Gasteiger partial charge in [0.05, 0.1) is 12.0 Å². The summed E-state index contributed by atoms with van der Waals surface area (Å²) in [7, 11) is 0. The molecule has 1 aromatic carbocycles. The van der Waals surface area contributed by atoms with E-state index in [-0.39, 0.29) is 0 Å². The second-order valence-corrected chi connectivity index (χ2v) is 4.05. The van der Waals surface area contributed by atoms with E-state index >= 15 is 0 Å². The molecule has 1 atom stereocenters. The van der Waals surface area contributed by atoms with Crippen LogP contribution in [0.15, 0.2) is 43.0 Å². The van der Waals surface area contributed by atoms with E-state index in [1.807, 2.05) is 18.7 Å². The average Bonchev–Trinajstić information content (AvgIpc) is 2.90. The third-order valence-electron chi connectivity index (χ3n) is 2.95. The van der Waals surface area contributed by atoms with Gasteiger partial charge in [0.25, 0.3) is 0 Å². The summed E-state index contributed by atoms with van der Waals surface area (Å²) in [5.74, 6) is 0. The van der Waals surface area contributed by atoms with Crippen molar-refractivity contribution in [1.82, 2.24) is 14.9 Å². The quantitative estimate of drug-likeness (QED) is 0.854. The standard InChI is InChI=1S/C14H19N3/c1-3-13(16-4-2)12-7-5-6-8-14(12)17-10-9-15-11-17/h5-11,13,16H,3-4H2,1-2H3. The van der Waals surface area contributed by atoms with Crippen LogP contribution < -0.4 is 5.32 Å². The highest BCUT2D eigenvalue weighted by atomic mass is 15.0. The van der Waals surface area contributed by atoms with E-state index in [1.165, 1.54) is 11.3 Å². The molecule has 3 nitrogen and oxygen atoms in total. The molecule has 0 aliphatic rings. The smallest absolute Gasteiger partial charge is 0.0991 e. The molecule has 1 unspecified atom stereocenters. The van der Waals surface area contributed by atoms with E-state index < -0.39 is 0 Å². The lowest BCUT2D eigenvalue weighted by molar-refractivity contribution is 0.535. The van der Waals surface area contributed by atoms with Crippen LogP contribution in [-0.4, -0.2) is 16.1 Å². The number of aromatic nitrogens is 2. The van der Waals surface area contributed by atoms with Gasteiger partial charge in [-0.15, -0.1) is 0 Å². The van der Waals surface area contributed by atoms with Gasteiger partial charge in [0, 0.05) is 18.4 Å². The van der Waals surface area contributed by atoms with E-state index in [4.69, 9.17) is 0 Å². The van der Waals surface area contributed by atoms with Gasteiger partial charge in [-0.2, -0.15) is 0 Å². The molecule has 2 rings (SSSR count). The molecule has 0 fully saturated rings. The molecule has 0 aliphatic carbocycles. The number of rotatable bonds is 5. The number of nitrogens with one attached hydrogen (secondary N) is 1. The molecule has 0 bridgehead atoms. The van der Waals surface area contributed by atoms with E-state index in [2.05, 4.69) is 53.0 Å². The van der Waals surface area contributed by atoms with E-state index in [0.717, 1.165) is 13.0 Å². The summed E-state index contributed by atoms with van der Waals surface area (Å²) in [5, 5.41) is 3.52.